The second-order valence-corrected chi connectivity index (χ2v) is 11.6. The minimum atomic E-state index is -0.377. The number of ketones is 1. The van der Waals surface area contributed by atoms with E-state index in [1.807, 2.05) is 47.7 Å². The molecule has 3 rings (SSSR count). The van der Waals surface area contributed by atoms with Crippen LogP contribution in [0.25, 0.3) is 22.0 Å². The Morgan fingerprint density at radius 3 is 2.18 bits per heavy atom. The molecule has 1 unspecified atom stereocenters. The van der Waals surface area contributed by atoms with Crippen LogP contribution in [0.3, 0.4) is 0 Å². The molecule has 0 fully saturated rings. The number of allylic oxidation sites excluding steroid dienone is 2. The van der Waals surface area contributed by atoms with Crippen molar-refractivity contribution in [2.45, 2.75) is 94.4 Å². The van der Waals surface area contributed by atoms with Gasteiger partial charge in [0.15, 0.2) is 5.78 Å². The molecule has 1 N–H and O–H groups in total. The molecule has 0 saturated heterocycles. The van der Waals surface area contributed by atoms with Gasteiger partial charge in [0.05, 0.1) is 0 Å². The summed E-state index contributed by atoms with van der Waals surface area (Å²) < 4.78 is 0. The number of aliphatic hydroxyl groups excluding tert-OH is 1. The van der Waals surface area contributed by atoms with Crippen molar-refractivity contribution >= 4 is 16.6 Å². The van der Waals surface area contributed by atoms with Crippen LogP contribution in [-0.4, -0.2) is 15.9 Å². The van der Waals surface area contributed by atoms with Gasteiger partial charge in [-0.1, -0.05) is 87.4 Å². The monoisotopic (exact) mass is 693 g/mol. The summed E-state index contributed by atoms with van der Waals surface area (Å²) in [5.41, 5.74) is 5.24. The number of rotatable bonds is 8. The van der Waals surface area contributed by atoms with E-state index in [2.05, 4.69) is 75.1 Å². The number of hydrogen-bond acceptors (Lipinski definition) is 3. The smallest absolute Gasteiger partial charge is 0.164 e. The van der Waals surface area contributed by atoms with E-state index in [1.54, 1.807) is 0 Å². The fraction of sp³-hybridized carbons (Fsp3) is 0.471. The van der Waals surface area contributed by atoms with Crippen LogP contribution >= 0.6 is 0 Å². The number of fused-ring (bicyclic) bond motifs is 1. The number of hydrogen-bond donors (Lipinski definition) is 1. The summed E-state index contributed by atoms with van der Waals surface area (Å²) in [6, 6.07) is 16.6. The van der Waals surface area contributed by atoms with Crippen LogP contribution in [0.2, 0.25) is 0 Å². The molecule has 1 radical (unpaired) electrons. The minimum Gasteiger partial charge on any atom is -0.512 e. The molecule has 1 atom stereocenters. The van der Waals surface area contributed by atoms with Gasteiger partial charge in [-0.2, -0.15) is 0 Å². The largest absolute Gasteiger partial charge is 0.512 e. The summed E-state index contributed by atoms with van der Waals surface area (Å²) >= 11 is 0. The second kappa shape index (κ2) is 14.2. The van der Waals surface area contributed by atoms with Gasteiger partial charge in [-0.25, -0.2) is 0 Å². The quantitative estimate of drug-likeness (QED) is 0.145. The van der Waals surface area contributed by atoms with Crippen molar-refractivity contribution < 1.29 is 30.0 Å². The average molecular weight is 693 g/mol. The molecular weight excluding hydrogens is 647 g/mol. The van der Waals surface area contributed by atoms with Crippen molar-refractivity contribution in [2.24, 2.45) is 10.8 Å². The first-order valence-electron chi connectivity index (χ1n) is 13.6. The zero-order chi connectivity index (χ0) is 28.0. The maximum absolute atomic E-state index is 11.8. The van der Waals surface area contributed by atoms with Gasteiger partial charge in [-0.3, -0.25) is 4.79 Å². The molecular formula is C34H46IrNO2-. The Balaban J connectivity index is 0.000000401. The Hall–Kier alpha value is -2.29. The van der Waals surface area contributed by atoms with Crippen molar-refractivity contribution in [2.75, 3.05) is 0 Å². The zero-order valence-corrected chi connectivity index (χ0v) is 27.3. The van der Waals surface area contributed by atoms with E-state index in [9.17, 15) is 9.90 Å². The molecule has 0 aliphatic heterocycles. The maximum atomic E-state index is 11.8. The number of carbonyl (C=O) groups is 1. The van der Waals surface area contributed by atoms with Gasteiger partial charge in [0.2, 0.25) is 0 Å². The molecule has 2 aromatic carbocycles. The van der Waals surface area contributed by atoms with Gasteiger partial charge in [-0.05, 0) is 53.3 Å². The molecule has 0 bridgehead atoms. The van der Waals surface area contributed by atoms with Gasteiger partial charge in [0.25, 0.3) is 0 Å². The third-order valence-corrected chi connectivity index (χ3v) is 7.77. The van der Waals surface area contributed by atoms with E-state index >= 15 is 0 Å². The number of aryl methyl sites for hydroxylation is 2. The number of carbonyl (C=O) groups excluding carboxylic acids is 1. The van der Waals surface area contributed by atoms with Gasteiger partial charge in [-0.15, -0.1) is 34.9 Å². The van der Waals surface area contributed by atoms with Gasteiger partial charge < -0.3 is 10.1 Å². The predicted octanol–water partition coefficient (Wildman–Crippen LogP) is 9.70. The van der Waals surface area contributed by atoms with Crippen LogP contribution in [0.1, 0.15) is 97.3 Å². The summed E-state index contributed by atoms with van der Waals surface area (Å²) in [5.74, 6) is 0.786. The fourth-order valence-electron chi connectivity index (χ4n) is 3.85. The normalized spacial score (nSPS) is 12.8. The van der Waals surface area contributed by atoms with E-state index < -0.39 is 0 Å². The first-order chi connectivity index (χ1) is 17.2. The van der Waals surface area contributed by atoms with Gasteiger partial charge in [0, 0.05) is 43.2 Å². The summed E-state index contributed by atoms with van der Waals surface area (Å²) in [6.07, 6.45) is 6.06. The van der Waals surface area contributed by atoms with Crippen molar-refractivity contribution in [1.29, 1.82) is 0 Å². The minimum absolute atomic E-state index is 0. The van der Waals surface area contributed by atoms with Crippen LogP contribution in [0.15, 0.2) is 54.4 Å². The van der Waals surface area contributed by atoms with Gasteiger partial charge in [0.1, 0.15) is 5.76 Å². The number of nitrogens with zero attached hydrogens (tertiary/aromatic N) is 1. The summed E-state index contributed by atoms with van der Waals surface area (Å²) in [6.45, 7) is 20.4. The summed E-state index contributed by atoms with van der Waals surface area (Å²) in [5, 5.41) is 12.3. The van der Waals surface area contributed by atoms with E-state index in [4.69, 9.17) is 0 Å². The van der Waals surface area contributed by atoms with Crippen LogP contribution in [0, 0.1) is 30.7 Å². The molecule has 0 spiro atoms. The molecule has 3 nitrogen and oxygen atoms in total. The summed E-state index contributed by atoms with van der Waals surface area (Å²) in [4.78, 5) is 16.5. The van der Waals surface area contributed by atoms with Crippen LogP contribution in [0.5, 0.6) is 0 Å². The zero-order valence-electron chi connectivity index (χ0n) is 25.0. The van der Waals surface area contributed by atoms with Crippen molar-refractivity contribution in [3.8, 4) is 11.3 Å². The van der Waals surface area contributed by atoms with Crippen LogP contribution in [0.4, 0.5) is 0 Å². The molecule has 0 amide bonds. The number of aliphatic hydroxyl groups is 1. The molecule has 4 heteroatoms. The van der Waals surface area contributed by atoms with E-state index in [1.165, 1.54) is 28.0 Å². The summed E-state index contributed by atoms with van der Waals surface area (Å²) in [7, 11) is 0. The SMILES string of the molecule is CCC(C)(C)C(=O)C=C(O)C(C)(C)CC.CCC(C)c1ccc2c(-c3[c-]c(C)cc(C)c3)nccc2c1.[Ir]. The Labute approximate surface area is 244 Å². The molecule has 1 heterocycles. The molecule has 209 valence electrons. The third-order valence-electron chi connectivity index (χ3n) is 7.77. The van der Waals surface area contributed by atoms with E-state index in [0.29, 0.717) is 5.92 Å². The standard InChI is InChI=1S/C21H22N.C13H24O2.Ir/c1-5-16(4)17-6-7-20-18(13-17)8-9-22-21(20)19-11-14(2)10-15(3)12-19;1-7-12(3,4)10(14)9-11(15)13(5,6)8-2;/h6-11,13,16H,5H2,1-4H3;9,14H,7-8H2,1-6H3;/q-1;;. The van der Waals surface area contributed by atoms with Crippen molar-refractivity contribution in [3.05, 3.63) is 77.2 Å². The molecule has 0 saturated carbocycles. The van der Waals surface area contributed by atoms with Gasteiger partial charge >= 0.3 is 0 Å². The third kappa shape index (κ3) is 8.61. The fourth-order valence-corrected chi connectivity index (χ4v) is 3.85. The van der Waals surface area contributed by atoms with Crippen molar-refractivity contribution in [1.82, 2.24) is 4.98 Å². The molecule has 3 aromatic rings. The number of pyridine rings is 1. The van der Waals surface area contributed by atoms with E-state index in [-0.39, 0.29) is 42.5 Å². The second-order valence-electron chi connectivity index (χ2n) is 11.6. The Kier molecular flexibility index (Phi) is 12.6. The maximum Gasteiger partial charge on any atom is 0.164 e. The number of aromatic nitrogens is 1. The molecule has 0 aliphatic rings. The van der Waals surface area contributed by atoms with Crippen molar-refractivity contribution in [3.63, 3.8) is 0 Å². The first kappa shape index (κ1) is 33.7. The van der Waals surface area contributed by atoms with Crippen LogP contribution < -0.4 is 0 Å². The molecule has 38 heavy (non-hydrogen) atoms. The predicted molar refractivity (Wildman–Crippen MR) is 158 cm³/mol. The average Bonchev–Trinajstić information content (AvgIpc) is 2.87. The first-order valence-corrected chi connectivity index (χ1v) is 13.6. The number of benzene rings is 2. The molecule has 1 aromatic heterocycles. The Morgan fingerprint density at radius 1 is 1.00 bits per heavy atom. The van der Waals surface area contributed by atoms with Crippen LogP contribution in [-0.2, 0) is 24.9 Å². The van der Waals surface area contributed by atoms with E-state index in [0.717, 1.165) is 36.1 Å². The topological polar surface area (TPSA) is 50.2 Å². The molecule has 0 aliphatic carbocycles. The Morgan fingerprint density at radius 2 is 1.63 bits per heavy atom. The Bertz CT molecular complexity index is 1240.